The molecule has 0 unspecified atom stereocenters. The van der Waals surface area contributed by atoms with Crippen molar-refractivity contribution >= 4 is 18.5 Å². The Hall–Kier alpha value is -1.33. The van der Waals surface area contributed by atoms with Crippen LogP contribution in [0.5, 0.6) is 0 Å². The number of nitrogens with zero attached hydrogens (tertiary/aromatic N) is 1. The summed E-state index contributed by atoms with van der Waals surface area (Å²) in [7, 11) is -0.500. The van der Waals surface area contributed by atoms with Crippen LogP contribution in [0.15, 0.2) is 18.2 Å². The highest BCUT2D eigenvalue weighted by molar-refractivity contribution is 6.64. The van der Waals surface area contributed by atoms with Crippen molar-refractivity contribution in [3.05, 3.63) is 29.3 Å². The zero-order valence-electron chi connectivity index (χ0n) is 15.5. The molecule has 2 heterocycles. The van der Waals surface area contributed by atoms with Crippen LogP contribution in [-0.4, -0.2) is 42.2 Å². The predicted octanol–water partition coefficient (Wildman–Crippen LogP) is 2.92. The topological polar surface area (TPSA) is 38.8 Å². The first-order valence-corrected chi connectivity index (χ1v) is 8.97. The van der Waals surface area contributed by atoms with Crippen LogP contribution in [0.4, 0.5) is 0 Å². The Morgan fingerprint density at radius 1 is 1.04 bits per heavy atom. The summed E-state index contributed by atoms with van der Waals surface area (Å²) in [5.74, 6) is 0.100. The molecule has 0 N–H and O–H groups in total. The number of carbonyl (C=O) groups is 1. The van der Waals surface area contributed by atoms with Crippen LogP contribution in [0.25, 0.3) is 0 Å². The molecule has 2 aliphatic rings. The number of rotatable bonds is 2. The fourth-order valence-corrected chi connectivity index (χ4v) is 3.41. The Bertz CT molecular complexity index is 619. The molecule has 3 rings (SSSR count). The molecule has 2 fully saturated rings. The van der Waals surface area contributed by atoms with Crippen LogP contribution in [0.3, 0.4) is 0 Å². The number of aryl methyl sites for hydroxylation is 1. The maximum absolute atomic E-state index is 13.1. The molecule has 5 heteroatoms. The molecule has 1 aromatic rings. The number of piperidine rings is 1. The van der Waals surface area contributed by atoms with Gasteiger partial charge in [0.25, 0.3) is 5.91 Å². The molecular weight excluding hydrogens is 301 g/mol. The van der Waals surface area contributed by atoms with Crippen molar-refractivity contribution in [2.24, 2.45) is 0 Å². The van der Waals surface area contributed by atoms with Gasteiger partial charge in [0, 0.05) is 18.7 Å². The second-order valence-corrected chi connectivity index (χ2v) is 7.98. The number of hydrogen-bond donors (Lipinski definition) is 0. The summed E-state index contributed by atoms with van der Waals surface area (Å²) in [6.07, 6.45) is 3.38. The van der Waals surface area contributed by atoms with E-state index in [2.05, 4.69) is 0 Å². The molecule has 0 spiro atoms. The first-order chi connectivity index (χ1) is 11.2. The Morgan fingerprint density at radius 2 is 1.62 bits per heavy atom. The summed E-state index contributed by atoms with van der Waals surface area (Å²) in [4.78, 5) is 15.0. The third-order valence-corrected chi connectivity index (χ3v) is 5.69. The van der Waals surface area contributed by atoms with E-state index in [1.807, 2.05) is 57.7 Å². The van der Waals surface area contributed by atoms with E-state index in [1.54, 1.807) is 0 Å². The largest absolute Gasteiger partial charge is 0.495 e. The van der Waals surface area contributed by atoms with Crippen molar-refractivity contribution in [1.82, 2.24) is 4.90 Å². The number of amides is 1. The van der Waals surface area contributed by atoms with Gasteiger partial charge in [0.1, 0.15) is 0 Å². The maximum atomic E-state index is 13.1. The van der Waals surface area contributed by atoms with Gasteiger partial charge in [0.05, 0.1) is 11.2 Å². The zero-order chi connectivity index (χ0) is 17.5. The third-order valence-electron chi connectivity index (χ3n) is 5.69. The molecule has 1 aromatic carbocycles. The van der Waals surface area contributed by atoms with E-state index in [1.165, 1.54) is 6.42 Å². The Balaban J connectivity index is 1.95. The van der Waals surface area contributed by atoms with E-state index in [0.717, 1.165) is 42.5 Å². The second kappa shape index (κ2) is 6.19. The minimum Gasteiger partial charge on any atom is -0.399 e. The van der Waals surface area contributed by atoms with Gasteiger partial charge in [-0.25, -0.2) is 0 Å². The molecule has 24 heavy (non-hydrogen) atoms. The zero-order valence-corrected chi connectivity index (χ0v) is 15.5. The molecule has 130 valence electrons. The molecule has 0 radical (unpaired) electrons. The van der Waals surface area contributed by atoms with Crippen molar-refractivity contribution in [2.45, 2.75) is 65.1 Å². The van der Waals surface area contributed by atoms with Crippen LogP contribution in [0.1, 0.15) is 62.9 Å². The summed E-state index contributed by atoms with van der Waals surface area (Å²) in [5, 5.41) is 0. The quantitative estimate of drug-likeness (QED) is 0.783. The Morgan fingerprint density at radius 3 is 2.21 bits per heavy atom. The van der Waals surface area contributed by atoms with E-state index in [9.17, 15) is 4.79 Å². The van der Waals surface area contributed by atoms with Crippen molar-refractivity contribution < 1.29 is 14.1 Å². The Kier molecular flexibility index (Phi) is 4.52. The van der Waals surface area contributed by atoms with Gasteiger partial charge >= 0.3 is 7.12 Å². The lowest BCUT2D eigenvalue weighted by molar-refractivity contribution is 0.00578. The smallest absolute Gasteiger partial charge is 0.399 e. The lowest BCUT2D eigenvalue weighted by Gasteiger charge is -2.32. The van der Waals surface area contributed by atoms with E-state index in [0.29, 0.717) is 0 Å². The van der Waals surface area contributed by atoms with E-state index in [-0.39, 0.29) is 5.91 Å². The molecule has 4 nitrogen and oxygen atoms in total. The minimum atomic E-state index is -0.500. The Labute approximate surface area is 145 Å². The summed E-state index contributed by atoms with van der Waals surface area (Å²) < 4.78 is 12.4. The van der Waals surface area contributed by atoms with Gasteiger partial charge in [-0.3, -0.25) is 4.79 Å². The first kappa shape index (κ1) is 17.5. The molecule has 2 aliphatic heterocycles. The van der Waals surface area contributed by atoms with Gasteiger partial charge in [-0.1, -0.05) is 17.7 Å². The highest BCUT2D eigenvalue weighted by Crippen LogP contribution is 2.37. The fourth-order valence-electron chi connectivity index (χ4n) is 3.41. The van der Waals surface area contributed by atoms with Crippen molar-refractivity contribution in [3.8, 4) is 0 Å². The van der Waals surface area contributed by atoms with Crippen LogP contribution in [0, 0.1) is 6.92 Å². The van der Waals surface area contributed by atoms with Gasteiger partial charge in [0.2, 0.25) is 0 Å². The number of carbonyl (C=O) groups excluding carboxylic acids is 1. The summed E-state index contributed by atoms with van der Waals surface area (Å²) in [5.41, 5.74) is 1.81. The van der Waals surface area contributed by atoms with Crippen molar-refractivity contribution in [3.63, 3.8) is 0 Å². The monoisotopic (exact) mass is 329 g/mol. The molecule has 0 saturated carbocycles. The lowest BCUT2D eigenvalue weighted by atomic mass is 9.73. The van der Waals surface area contributed by atoms with Gasteiger partial charge in [-0.05, 0) is 65.4 Å². The molecular formula is C19H28BNO3. The standard InChI is InChI=1S/C19H28BNO3/c1-14-10-9-11-15(17(22)21-12-7-6-8-13-21)16(14)20-23-18(2,3)19(4,5)24-20/h9-11H,6-8,12-13H2,1-5H3. The molecule has 0 aliphatic carbocycles. The van der Waals surface area contributed by atoms with Gasteiger partial charge in [-0.15, -0.1) is 0 Å². The molecule has 2 saturated heterocycles. The van der Waals surface area contributed by atoms with Gasteiger partial charge < -0.3 is 14.2 Å². The molecule has 1 amide bonds. The van der Waals surface area contributed by atoms with Crippen molar-refractivity contribution in [1.29, 1.82) is 0 Å². The summed E-state index contributed by atoms with van der Waals surface area (Å²) >= 11 is 0. The predicted molar refractivity (Wildman–Crippen MR) is 96.6 cm³/mol. The molecule has 0 atom stereocenters. The fraction of sp³-hybridized carbons (Fsp3) is 0.632. The maximum Gasteiger partial charge on any atom is 0.495 e. The van der Waals surface area contributed by atoms with E-state index >= 15 is 0 Å². The number of hydrogen-bond acceptors (Lipinski definition) is 3. The average Bonchev–Trinajstić information content (AvgIpc) is 2.75. The van der Waals surface area contributed by atoms with Crippen molar-refractivity contribution in [2.75, 3.05) is 13.1 Å². The van der Waals surface area contributed by atoms with Crippen LogP contribution in [0.2, 0.25) is 0 Å². The summed E-state index contributed by atoms with van der Waals surface area (Å²) in [6.45, 7) is 11.9. The van der Waals surface area contributed by atoms with Gasteiger partial charge in [-0.2, -0.15) is 0 Å². The lowest BCUT2D eigenvalue weighted by Crippen LogP contribution is -2.44. The van der Waals surface area contributed by atoms with Crippen LogP contribution >= 0.6 is 0 Å². The number of likely N-dealkylation sites (tertiary alicyclic amines) is 1. The third kappa shape index (κ3) is 3.00. The second-order valence-electron chi connectivity index (χ2n) is 7.98. The molecule has 0 bridgehead atoms. The average molecular weight is 329 g/mol. The minimum absolute atomic E-state index is 0.100. The normalized spacial score (nSPS) is 22.7. The highest BCUT2D eigenvalue weighted by Gasteiger charge is 2.53. The van der Waals surface area contributed by atoms with E-state index in [4.69, 9.17) is 9.31 Å². The van der Waals surface area contributed by atoms with E-state index < -0.39 is 18.3 Å². The highest BCUT2D eigenvalue weighted by atomic mass is 16.7. The van der Waals surface area contributed by atoms with Crippen LogP contribution < -0.4 is 5.46 Å². The van der Waals surface area contributed by atoms with Gasteiger partial charge in [0.15, 0.2) is 0 Å². The first-order valence-electron chi connectivity index (χ1n) is 8.97. The summed E-state index contributed by atoms with van der Waals surface area (Å²) in [6, 6.07) is 5.87. The molecule has 0 aromatic heterocycles. The SMILES string of the molecule is Cc1cccc(C(=O)N2CCCCC2)c1B1OC(C)(C)C(C)(C)O1. The number of benzene rings is 1. The van der Waals surface area contributed by atoms with Crippen LogP contribution in [-0.2, 0) is 9.31 Å².